The van der Waals surface area contributed by atoms with Crippen LogP contribution in [-0.4, -0.2) is 20.8 Å². The van der Waals surface area contributed by atoms with Crippen LogP contribution in [0.5, 0.6) is 0 Å². The molecule has 1 aromatic carbocycles. The molecule has 2 aromatic rings. The highest BCUT2D eigenvalue weighted by molar-refractivity contribution is 9.10. The maximum atomic E-state index is 4.27. The summed E-state index contributed by atoms with van der Waals surface area (Å²) in [6.07, 6.45) is 4.20. The fraction of sp³-hybridized carbons (Fsp3) is 0.385. The summed E-state index contributed by atoms with van der Waals surface area (Å²) in [4.78, 5) is 5.49. The van der Waals surface area contributed by atoms with E-state index in [0.717, 1.165) is 22.2 Å². The highest BCUT2D eigenvalue weighted by Gasteiger charge is 2.20. The van der Waals surface area contributed by atoms with Crippen LogP contribution in [0.4, 0.5) is 0 Å². The topological polar surface area (TPSA) is 42.7 Å². The molecule has 3 rings (SSSR count). The van der Waals surface area contributed by atoms with Crippen LogP contribution in [0, 0.1) is 0 Å². The number of hydrogen-bond acceptors (Lipinski definition) is 4. The predicted octanol–water partition coefficient (Wildman–Crippen LogP) is 2.98. The first-order chi connectivity index (χ1) is 9.22. The Bertz CT molecular complexity index is 580. The summed E-state index contributed by atoms with van der Waals surface area (Å²) in [6.45, 7) is 0.915. The fourth-order valence-corrected chi connectivity index (χ4v) is 3.23. The van der Waals surface area contributed by atoms with Gasteiger partial charge in [0.2, 0.25) is 0 Å². The van der Waals surface area contributed by atoms with Crippen molar-refractivity contribution in [2.75, 3.05) is 0 Å². The van der Waals surface area contributed by atoms with E-state index in [2.05, 4.69) is 49.5 Å². The van der Waals surface area contributed by atoms with Gasteiger partial charge in [-0.1, -0.05) is 22.0 Å². The molecule has 1 aliphatic rings. The Kier molecular flexibility index (Phi) is 3.91. The summed E-state index contributed by atoms with van der Waals surface area (Å²) in [5.74, 6) is 0. The van der Waals surface area contributed by atoms with Crippen LogP contribution in [0.2, 0.25) is 0 Å². The molecule has 0 unspecified atom stereocenters. The number of benzene rings is 1. The van der Waals surface area contributed by atoms with Crippen molar-refractivity contribution in [1.29, 1.82) is 0 Å². The molecule has 1 heterocycles. The highest BCUT2D eigenvalue weighted by Crippen LogP contribution is 2.31. The average molecular weight is 339 g/mol. The number of halogens is 1. The maximum Gasteiger partial charge on any atom is 0.190 e. The van der Waals surface area contributed by atoms with Gasteiger partial charge >= 0.3 is 0 Å². The van der Waals surface area contributed by atoms with Crippen LogP contribution in [0.3, 0.4) is 0 Å². The minimum absolute atomic E-state index is 0.719. The quantitative estimate of drug-likeness (QED) is 0.910. The van der Waals surface area contributed by atoms with Gasteiger partial charge in [-0.25, -0.2) is 9.67 Å². The molecule has 100 valence electrons. The number of hydrogen-bond donors (Lipinski definition) is 1. The highest BCUT2D eigenvalue weighted by atomic mass is 79.9. The molecule has 1 aliphatic carbocycles. The lowest BCUT2D eigenvalue weighted by molar-refractivity contribution is 0.676. The zero-order valence-electron chi connectivity index (χ0n) is 10.6. The van der Waals surface area contributed by atoms with Crippen molar-refractivity contribution in [3.63, 3.8) is 0 Å². The van der Waals surface area contributed by atoms with E-state index in [0.29, 0.717) is 0 Å². The van der Waals surface area contributed by atoms with Crippen LogP contribution < -0.4 is 5.32 Å². The minimum atomic E-state index is 0.719. The van der Waals surface area contributed by atoms with Gasteiger partial charge in [-0.2, -0.15) is 5.10 Å². The van der Waals surface area contributed by atoms with Crippen molar-refractivity contribution in [2.24, 2.45) is 7.05 Å². The molecule has 0 aliphatic heterocycles. The second-order valence-corrected chi connectivity index (χ2v) is 6.60. The van der Waals surface area contributed by atoms with Crippen molar-refractivity contribution < 1.29 is 0 Å². The van der Waals surface area contributed by atoms with E-state index in [9.17, 15) is 0 Å². The summed E-state index contributed by atoms with van der Waals surface area (Å²) >= 11 is 5.19. The van der Waals surface area contributed by atoms with Crippen LogP contribution in [0.25, 0.3) is 0 Å². The summed E-state index contributed by atoms with van der Waals surface area (Å²) in [7, 11) is 1.91. The van der Waals surface area contributed by atoms with E-state index in [1.54, 1.807) is 22.8 Å². The first-order valence-corrected chi connectivity index (χ1v) is 7.87. The van der Waals surface area contributed by atoms with Crippen molar-refractivity contribution >= 4 is 27.7 Å². The Morgan fingerprint density at radius 1 is 1.47 bits per heavy atom. The van der Waals surface area contributed by atoms with Gasteiger partial charge in [0.25, 0.3) is 0 Å². The van der Waals surface area contributed by atoms with Gasteiger partial charge in [0.05, 0.1) is 0 Å². The Hall–Kier alpha value is -0.850. The van der Waals surface area contributed by atoms with E-state index in [1.807, 2.05) is 7.05 Å². The Morgan fingerprint density at radius 2 is 2.32 bits per heavy atom. The smallest absolute Gasteiger partial charge is 0.190 e. The van der Waals surface area contributed by atoms with Gasteiger partial charge in [-0.3, -0.25) is 0 Å². The molecule has 6 heteroatoms. The van der Waals surface area contributed by atoms with Crippen molar-refractivity contribution in [3.8, 4) is 0 Å². The van der Waals surface area contributed by atoms with Crippen LogP contribution in [-0.2, 0) is 13.6 Å². The third-order valence-corrected chi connectivity index (χ3v) is 4.70. The molecule has 1 aromatic heterocycles. The van der Waals surface area contributed by atoms with E-state index < -0.39 is 0 Å². The maximum absolute atomic E-state index is 4.27. The van der Waals surface area contributed by atoms with E-state index in [1.165, 1.54) is 23.3 Å². The molecule has 1 N–H and O–H groups in total. The van der Waals surface area contributed by atoms with Gasteiger partial charge in [0.1, 0.15) is 6.33 Å². The Balaban J connectivity index is 1.80. The summed E-state index contributed by atoms with van der Waals surface area (Å²) in [5.41, 5.74) is 1.31. The Morgan fingerprint density at radius 3 is 3.00 bits per heavy atom. The second kappa shape index (κ2) is 5.64. The molecule has 1 fully saturated rings. The second-order valence-electron chi connectivity index (χ2n) is 4.68. The van der Waals surface area contributed by atoms with Crippen molar-refractivity contribution in [3.05, 3.63) is 34.6 Å². The SMILES string of the molecule is Cn1ncnc1Sc1cc(Br)ccc1CNC1CC1. The molecule has 0 saturated heterocycles. The van der Waals surface area contributed by atoms with Crippen molar-refractivity contribution in [2.45, 2.75) is 35.5 Å². The molecule has 0 amide bonds. The molecule has 4 nitrogen and oxygen atoms in total. The first-order valence-electron chi connectivity index (χ1n) is 6.26. The Labute approximate surface area is 125 Å². The molecule has 19 heavy (non-hydrogen) atoms. The van der Waals surface area contributed by atoms with E-state index in [4.69, 9.17) is 0 Å². The van der Waals surface area contributed by atoms with Gasteiger partial charge in [-0.15, -0.1) is 0 Å². The third-order valence-electron chi connectivity index (χ3n) is 3.06. The monoisotopic (exact) mass is 338 g/mol. The molecular formula is C13H15BrN4S. The number of aromatic nitrogens is 3. The zero-order chi connectivity index (χ0) is 13.2. The lowest BCUT2D eigenvalue weighted by Gasteiger charge is -2.10. The third kappa shape index (κ3) is 3.38. The molecule has 0 atom stereocenters. The van der Waals surface area contributed by atoms with Crippen molar-refractivity contribution in [1.82, 2.24) is 20.1 Å². The van der Waals surface area contributed by atoms with E-state index >= 15 is 0 Å². The lowest BCUT2D eigenvalue weighted by atomic mass is 10.2. The molecular weight excluding hydrogens is 324 g/mol. The van der Waals surface area contributed by atoms with Gasteiger partial charge in [0, 0.05) is 29.0 Å². The van der Waals surface area contributed by atoms with E-state index in [-0.39, 0.29) is 0 Å². The first kappa shape index (κ1) is 13.1. The zero-order valence-corrected chi connectivity index (χ0v) is 13.0. The van der Waals surface area contributed by atoms with Gasteiger partial charge in [0.15, 0.2) is 5.16 Å². The van der Waals surface area contributed by atoms with Crippen LogP contribution in [0.1, 0.15) is 18.4 Å². The number of nitrogens with zero attached hydrogens (tertiary/aromatic N) is 3. The normalized spacial score (nSPS) is 14.8. The molecule has 0 bridgehead atoms. The van der Waals surface area contributed by atoms with Gasteiger partial charge < -0.3 is 5.32 Å². The molecule has 0 spiro atoms. The largest absolute Gasteiger partial charge is 0.310 e. The predicted molar refractivity (Wildman–Crippen MR) is 79.1 cm³/mol. The van der Waals surface area contributed by atoms with Crippen LogP contribution in [0.15, 0.2) is 39.1 Å². The summed E-state index contributed by atoms with van der Waals surface area (Å²) in [5, 5.41) is 8.57. The number of rotatable bonds is 5. The lowest BCUT2D eigenvalue weighted by Crippen LogP contribution is -2.15. The number of nitrogens with one attached hydrogen (secondary N) is 1. The summed E-state index contributed by atoms with van der Waals surface area (Å²) in [6, 6.07) is 7.11. The average Bonchev–Trinajstić information content (AvgIpc) is 3.13. The standard InChI is InChI=1S/C13H15BrN4S/c1-18-13(16-8-17-18)19-12-6-10(14)3-2-9(12)7-15-11-4-5-11/h2-3,6,8,11,15H,4-5,7H2,1H3. The fourth-order valence-electron chi connectivity index (χ4n) is 1.79. The summed E-state index contributed by atoms with van der Waals surface area (Å²) < 4.78 is 2.89. The van der Waals surface area contributed by atoms with Crippen LogP contribution >= 0.6 is 27.7 Å². The molecule has 1 saturated carbocycles. The van der Waals surface area contributed by atoms with Gasteiger partial charge in [-0.05, 0) is 42.3 Å². The number of aryl methyl sites for hydroxylation is 1. The minimum Gasteiger partial charge on any atom is -0.310 e. The molecule has 0 radical (unpaired) electrons.